The molecule has 5 heteroatoms. The summed E-state index contributed by atoms with van der Waals surface area (Å²) in [5.41, 5.74) is 0.694. The van der Waals surface area contributed by atoms with Gasteiger partial charge in [0.15, 0.2) is 4.95 Å². The minimum atomic E-state index is -0.520. The maximum absolute atomic E-state index is 12.2. The van der Waals surface area contributed by atoms with E-state index in [4.69, 9.17) is 11.6 Å². The van der Waals surface area contributed by atoms with Crippen molar-refractivity contribution in [2.45, 2.75) is 9.85 Å². The second-order valence-corrected chi connectivity index (χ2v) is 5.44. The van der Waals surface area contributed by atoms with E-state index < -0.39 is 4.65 Å². The summed E-state index contributed by atoms with van der Waals surface area (Å²) in [6.07, 6.45) is 3.50. The number of halogens is 2. The van der Waals surface area contributed by atoms with Gasteiger partial charge in [-0.25, -0.2) is 0 Å². The van der Waals surface area contributed by atoms with Gasteiger partial charge in [0.05, 0.1) is 0 Å². The van der Waals surface area contributed by atoms with Crippen molar-refractivity contribution in [3.8, 4) is 0 Å². The normalized spacial score (nSPS) is 29.6. The monoisotopic (exact) mass is 305 g/mol. The van der Waals surface area contributed by atoms with E-state index in [9.17, 15) is 5.21 Å². The molecule has 0 N–H and O–H groups in total. The first-order chi connectivity index (χ1) is 7.08. The number of hydrogen-bond donors (Lipinski definition) is 0. The zero-order valence-corrected chi connectivity index (χ0v) is 11.1. The summed E-state index contributed by atoms with van der Waals surface area (Å²) in [5.74, 6) is 0. The van der Waals surface area contributed by atoms with E-state index in [0.717, 1.165) is 4.90 Å². The van der Waals surface area contributed by atoms with Crippen LogP contribution in [0.3, 0.4) is 0 Å². The van der Waals surface area contributed by atoms with E-state index in [-0.39, 0.29) is 4.95 Å². The van der Waals surface area contributed by atoms with Gasteiger partial charge in [-0.3, -0.25) is 4.65 Å². The van der Waals surface area contributed by atoms with Crippen molar-refractivity contribution in [2.75, 3.05) is 6.26 Å². The minimum Gasteiger partial charge on any atom is -0.621 e. The fourth-order valence-electron chi connectivity index (χ4n) is 1.43. The molecule has 2 atom stereocenters. The van der Waals surface area contributed by atoms with E-state index in [1.165, 1.54) is 6.20 Å². The van der Waals surface area contributed by atoms with Crippen molar-refractivity contribution < 1.29 is 0 Å². The predicted octanol–water partition coefficient (Wildman–Crippen LogP) is 4.03. The first-order valence-electron chi connectivity index (χ1n) is 4.34. The number of alkyl halides is 1. The highest BCUT2D eigenvalue weighted by molar-refractivity contribution is 9.09. The average molecular weight is 307 g/mol. The number of hydrogen-bond acceptors (Lipinski definition) is 2. The fourth-order valence-corrected chi connectivity index (χ4v) is 2.60. The van der Waals surface area contributed by atoms with Crippen LogP contribution in [0.15, 0.2) is 40.4 Å². The third kappa shape index (κ3) is 1.85. The fraction of sp³-hybridized carbons (Fsp3) is 0.200. The van der Waals surface area contributed by atoms with Gasteiger partial charge in [-0.15, -0.1) is 11.8 Å². The molecule has 80 valence electrons. The van der Waals surface area contributed by atoms with Gasteiger partial charge in [0.25, 0.3) is 0 Å². The van der Waals surface area contributed by atoms with Crippen LogP contribution in [0.5, 0.6) is 0 Å². The van der Waals surface area contributed by atoms with Crippen LogP contribution in [0.25, 0.3) is 0 Å². The van der Waals surface area contributed by atoms with Gasteiger partial charge in [-0.1, -0.05) is 11.6 Å². The van der Waals surface area contributed by atoms with E-state index in [2.05, 4.69) is 15.9 Å². The van der Waals surface area contributed by atoms with Gasteiger partial charge >= 0.3 is 0 Å². The molecule has 2 rings (SSSR count). The van der Waals surface area contributed by atoms with Crippen LogP contribution >= 0.6 is 39.3 Å². The second kappa shape index (κ2) is 4.11. The smallest absolute Gasteiger partial charge is 0.194 e. The van der Waals surface area contributed by atoms with Crippen LogP contribution in [0.1, 0.15) is 0 Å². The molecule has 1 aromatic rings. The molecule has 0 saturated carbocycles. The summed E-state index contributed by atoms with van der Waals surface area (Å²) in [6, 6.07) is 7.56. The number of benzene rings is 1. The van der Waals surface area contributed by atoms with Crippen LogP contribution in [-0.2, 0) is 0 Å². The third-order valence-corrected chi connectivity index (χ3v) is 4.77. The number of nitrogens with zero attached hydrogens (tertiary/aromatic N) is 1. The molecule has 0 saturated heterocycles. The Hall–Kier alpha value is -0.0000000000000000555. The van der Waals surface area contributed by atoms with Crippen LogP contribution in [0.2, 0.25) is 0 Å². The van der Waals surface area contributed by atoms with E-state index in [0.29, 0.717) is 10.7 Å². The van der Waals surface area contributed by atoms with Crippen LogP contribution in [-0.4, -0.2) is 11.2 Å². The van der Waals surface area contributed by atoms with Crippen molar-refractivity contribution in [1.82, 2.24) is 4.65 Å². The van der Waals surface area contributed by atoms with E-state index in [1.807, 2.05) is 30.5 Å². The van der Waals surface area contributed by atoms with Crippen molar-refractivity contribution in [3.63, 3.8) is 0 Å². The number of hydroxylamine groups is 2. The maximum Gasteiger partial charge on any atom is 0.194 e. The zero-order chi connectivity index (χ0) is 11.1. The molecule has 0 radical (unpaired) electrons. The van der Waals surface area contributed by atoms with Crippen molar-refractivity contribution in [2.24, 2.45) is 0 Å². The Morgan fingerprint density at radius 3 is 2.40 bits per heavy atom. The van der Waals surface area contributed by atoms with E-state index >= 15 is 0 Å². The molecule has 1 aromatic carbocycles. The molecular weight excluding hydrogens is 298 g/mol. The van der Waals surface area contributed by atoms with E-state index in [1.54, 1.807) is 11.8 Å². The Bertz CT molecular complexity index is 408. The van der Waals surface area contributed by atoms with Gasteiger partial charge in [0, 0.05) is 17.0 Å². The summed E-state index contributed by atoms with van der Waals surface area (Å²) in [7, 11) is 0. The van der Waals surface area contributed by atoms with Crippen LogP contribution in [0.4, 0.5) is 5.69 Å². The van der Waals surface area contributed by atoms with Crippen LogP contribution in [0, 0.1) is 5.21 Å². The Morgan fingerprint density at radius 2 is 2.00 bits per heavy atom. The Balaban J connectivity index is 2.31. The maximum atomic E-state index is 12.2. The predicted molar refractivity (Wildman–Crippen MR) is 70.0 cm³/mol. The molecule has 1 aliphatic heterocycles. The Labute approximate surface area is 106 Å². The SMILES string of the molecule is CSc1ccc([N+]2([O-])C=C(Cl)C2Br)cc1. The van der Waals surface area contributed by atoms with Gasteiger partial charge < -0.3 is 5.21 Å². The largest absolute Gasteiger partial charge is 0.621 e. The van der Waals surface area contributed by atoms with Crippen LogP contribution < -0.4 is 4.65 Å². The van der Waals surface area contributed by atoms with Crippen molar-refractivity contribution >= 4 is 45.0 Å². The topological polar surface area (TPSA) is 23.1 Å². The van der Waals surface area contributed by atoms with Crippen molar-refractivity contribution in [1.29, 1.82) is 0 Å². The lowest BCUT2D eigenvalue weighted by Crippen LogP contribution is -2.51. The average Bonchev–Trinajstić information content (AvgIpc) is 2.28. The molecular formula is C10H9BrClNOS. The standard InChI is InChI=1S/C10H9BrClNOS/c1-15-8-4-2-7(3-5-8)13(14)6-9(12)10(13)11/h2-6,10H,1H3. The molecule has 0 fully saturated rings. The molecule has 2 unspecified atom stereocenters. The summed E-state index contributed by atoms with van der Waals surface area (Å²) >= 11 is 10.7. The highest BCUT2D eigenvalue weighted by Gasteiger charge is 2.40. The highest BCUT2D eigenvalue weighted by Crippen LogP contribution is 2.42. The summed E-state index contributed by atoms with van der Waals surface area (Å²) in [6.45, 7) is 0. The Kier molecular flexibility index (Phi) is 3.14. The van der Waals surface area contributed by atoms with Gasteiger partial charge in [0.1, 0.15) is 16.9 Å². The molecule has 1 aliphatic rings. The Morgan fingerprint density at radius 1 is 1.40 bits per heavy atom. The molecule has 15 heavy (non-hydrogen) atoms. The molecule has 0 bridgehead atoms. The number of rotatable bonds is 2. The zero-order valence-electron chi connectivity index (χ0n) is 7.98. The third-order valence-electron chi connectivity index (χ3n) is 2.36. The number of quaternary nitrogens is 1. The molecule has 0 aliphatic carbocycles. The van der Waals surface area contributed by atoms with Gasteiger partial charge in [-0.05, 0) is 34.3 Å². The molecule has 0 amide bonds. The summed E-state index contributed by atoms with van der Waals surface area (Å²) in [4.78, 5) is 0.784. The van der Waals surface area contributed by atoms with Gasteiger partial charge in [-0.2, -0.15) is 0 Å². The minimum absolute atomic E-state index is 0.362. The molecule has 1 heterocycles. The quantitative estimate of drug-likeness (QED) is 0.271. The summed E-state index contributed by atoms with van der Waals surface area (Å²) in [5, 5.41) is 12.8. The lowest BCUT2D eigenvalue weighted by Gasteiger charge is -2.48. The molecule has 0 spiro atoms. The van der Waals surface area contributed by atoms with Gasteiger partial charge in [0.2, 0.25) is 0 Å². The lowest BCUT2D eigenvalue weighted by atomic mass is 10.2. The lowest BCUT2D eigenvalue weighted by molar-refractivity contribution is 0.460. The first-order valence-corrected chi connectivity index (χ1v) is 6.86. The number of thioether (sulfide) groups is 1. The highest BCUT2D eigenvalue weighted by atomic mass is 79.9. The second-order valence-electron chi connectivity index (χ2n) is 3.26. The van der Waals surface area contributed by atoms with Crippen molar-refractivity contribution in [3.05, 3.63) is 40.7 Å². The molecule has 2 nitrogen and oxygen atoms in total. The first kappa shape index (κ1) is 11.5. The molecule has 0 aromatic heterocycles. The summed E-state index contributed by atoms with van der Waals surface area (Å²) < 4.78 is -0.520.